The fourth-order valence-corrected chi connectivity index (χ4v) is 3.10. The minimum Gasteiger partial charge on any atom is -0.351 e. The van der Waals surface area contributed by atoms with Crippen LogP contribution in [0, 0.1) is 0 Å². The van der Waals surface area contributed by atoms with E-state index in [1.165, 1.54) is 11.0 Å². The molecule has 0 saturated carbocycles. The van der Waals surface area contributed by atoms with Gasteiger partial charge in [0.2, 0.25) is 0 Å². The van der Waals surface area contributed by atoms with E-state index in [2.05, 4.69) is 25.8 Å². The lowest BCUT2D eigenvalue weighted by Crippen LogP contribution is -2.28. The highest BCUT2D eigenvalue weighted by molar-refractivity contribution is 5.94. The van der Waals surface area contributed by atoms with Crippen LogP contribution in [0.1, 0.15) is 35.6 Å². The van der Waals surface area contributed by atoms with Crippen molar-refractivity contribution < 1.29 is 13.6 Å². The first kappa shape index (κ1) is 18.7. The summed E-state index contributed by atoms with van der Waals surface area (Å²) < 4.78 is 29.6. The van der Waals surface area contributed by atoms with Gasteiger partial charge in [-0.2, -0.15) is 8.78 Å². The van der Waals surface area contributed by atoms with E-state index in [0.717, 1.165) is 4.57 Å². The van der Waals surface area contributed by atoms with Gasteiger partial charge in [-0.15, -0.1) is 5.10 Å². The number of benzene rings is 2. The molecule has 29 heavy (non-hydrogen) atoms. The van der Waals surface area contributed by atoms with Gasteiger partial charge in [0, 0.05) is 18.0 Å². The van der Waals surface area contributed by atoms with Crippen molar-refractivity contribution in [3.05, 3.63) is 66.2 Å². The monoisotopic (exact) mass is 397 g/mol. The molecule has 0 aliphatic rings. The van der Waals surface area contributed by atoms with Crippen molar-refractivity contribution in [2.75, 3.05) is 6.54 Å². The summed E-state index contributed by atoms with van der Waals surface area (Å²) in [5.41, 5.74) is 2.02. The standard InChI is InChI=1S/C19H17F2N7O/c1-12(17-24-15-4-2-3-5-16(15)28(17)19(20)21)10-22-18(29)13-6-8-14(9-7-13)27-11-23-25-26-27/h2-9,11-12,19H,10H2,1H3,(H,22,29)/t12-/m1/s1. The molecule has 0 saturated heterocycles. The summed E-state index contributed by atoms with van der Waals surface area (Å²) in [5.74, 6) is -0.476. The number of nitrogens with one attached hydrogen (secondary N) is 1. The van der Waals surface area contributed by atoms with E-state index < -0.39 is 12.5 Å². The first-order valence-electron chi connectivity index (χ1n) is 8.91. The predicted molar refractivity (Wildman–Crippen MR) is 101 cm³/mol. The average molecular weight is 397 g/mol. The van der Waals surface area contributed by atoms with Gasteiger partial charge in [0.15, 0.2) is 0 Å². The molecule has 0 aliphatic carbocycles. The van der Waals surface area contributed by atoms with E-state index in [0.29, 0.717) is 22.3 Å². The number of alkyl halides is 2. The SMILES string of the molecule is C[C@H](CNC(=O)c1ccc(-n2cnnn2)cc1)c1nc2ccccc2n1C(F)F. The van der Waals surface area contributed by atoms with Crippen molar-refractivity contribution in [2.24, 2.45) is 0 Å². The number of hydrogen-bond acceptors (Lipinski definition) is 5. The largest absolute Gasteiger partial charge is 0.351 e. The number of carbonyl (C=O) groups excluding carboxylic acids is 1. The van der Waals surface area contributed by atoms with Crippen molar-refractivity contribution in [1.29, 1.82) is 0 Å². The quantitative estimate of drug-likeness (QED) is 0.540. The number of hydrogen-bond donors (Lipinski definition) is 1. The van der Waals surface area contributed by atoms with Gasteiger partial charge in [0.1, 0.15) is 12.2 Å². The van der Waals surface area contributed by atoms with Gasteiger partial charge in [0.25, 0.3) is 5.91 Å². The number of para-hydroxylation sites is 2. The van der Waals surface area contributed by atoms with Gasteiger partial charge in [-0.3, -0.25) is 9.36 Å². The number of aromatic nitrogens is 6. The summed E-state index contributed by atoms with van der Waals surface area (Å²) in [6, 6.07) is 13.5. The lowest BCUT2D eigenvalue weighted by atomic mass is 10.1. The van der Waals surface area contributed by atoms with Crippen LogP contribution < -0.4 is 5.32 Å². The number of fused-ring (bicyclic) bond motifs is 1. The molecular weight excluding hydrogens is 380 g/mol. The number of rotatable bonds is 6. The molecule has 0 fully saturated rings. The Morgan fingerprint density at radius 3 is 2.59 bits per heavy atom. The second kappa shape index (κ2) is 7.74. The van der Waals surface area contributed by atoms with Crippen LogP contribution in [0.2, 0.25) is 0 Å². The molecule has 4 rings (SSSR count). The van der Waals surface area contributed by atoms with Gasteiger partial charge in [-0.1, -0.05) is 19.1 Å². The summed E-state index contributed by atoms with van der Waals surface area (Å²) in [7, 11) is 0. The van der Waals surface area contributed by atoms with E-state index in [4.69, 9.17) is 0 Å². The van der Waals surface area contributed by atoms with Crippen LogP contribution in [0.25, 0.3) is 16.7 Å². The molecule has 2 aromatic carbocycles. The zero-order chi connectivity index (χ0) is 20.4. The molecule has 0 radical (unpaired) electrons. The molecular formula is C19H17F2N7O. The molecule has 1 amide bonds. The highest BCUT2D eigenvalue weighted by Crippen LogP contribution is 2.27. The average Bonchev–Trinajstić information content (AvgIpc) is 3.39. The lowest BCUT2D eigenvalue weighted by Gasteiger charge is -2.15. The molecule has 1 atom stereocenters. The van der Waals surface area contributed by atoms with E-state index in [1.807, 2.05) is 0 Å². The van der Waals surface area contributed by atoms with Crippen LogP contribution in [0.4, 0.5) is 8.78 Å². The normalized spacial score (nSPS) is 12.4. The maximum atomic E-state index is 13.6. The first-order chi connectivity index (χ1) is 14.0. The minimum absolute atomic E-state index is 0.170. The maximum Gasteiger partial charge on any atom is 0.320 e. The molecule has 148 valence electrons. The number of nitrogens with zero attached hydrogens (tertiary/aromatic N) is 6. The first-order valence-corrected chi connectivity index (χ1v) is 8.91. The number of carbonyl (C=O) groups is 1. The molecule has 0 bridgehead atoms. The van der Waals surface area contributed by atoms with Crippen molar-refractivity contribution in [1.82, 2.24) is 35.1 Å². The molecule has 2 heterocycles. The Bertz CT molecular complexity index is 1120. The van der Waals surface area contributed by atoms with Gasteiger partial charge < -0.3 is 5.32 Å². The Hall–Kier alpha value is -3.69. The third-order valence-corrected chi connectivity index (χ3v) is 4.57. The molecule has 0 aliphatic heterocycles. The third kappa shape index (κ3) is 3.68. The summed E-state index contributed by atoms with van der Waals surface area (Å²) in [5, 5.41) is 13.7. The van der Waals surface area contributed by atoms with E-state index >= 15 is 0 Å². The summed E-state index contributed by atoms with van der Waals surface area (Å²) in [6.07, 6.45) is 1.45. The summed E-state index contributed by atoms with van der Waals surface area (Å²) in [4.78, 5) is 16.8. The molecule has 8 nitrogen and oxygen atoms in total. The molecule has 0 spiro atoms. The van der Waals surface area contributed by atoms with Crippen LogP contribution in [-0.4, -0.2) is 42.2 Å². The van der Waals surface area contributed by atoms with Crippen molar-refractivity contribution >= 4 is 16.9 Å². The Balaban J connectivity index is 1.47. The van der Waals surface area contributed by atoms with E-state index in [9.17, 15) is 13.6 Å². The highest BCUT2D eigenvalue weighted by atomic mass is 19.3. The van der Waals surface area contributed by atoms with Crippen LogP contribution in [0.5, 0.6) is 0 Å². The summed E-state index contributed by atoms with van der Waals surface area (Å²) >= 11 is 0. The molecule has 4 aromatic rings. The fraction of sp³-hybridized carbons (Fsp3) is 0.211. The van der Waals surface area contributed by atoms with Crippen LogP contribution in [-0.2, 0) is 0 Å². The van der Waals surface area contributed by atoms with Crippen molar-refractivity contribution in [3.63, 3.8) is 0 Å². The van der Waals surface area contributed by atoms with E-state index in [-0.39, 0.29) is 18.3 Å². The lowest BCUT2D eigenvalue weighted by molar-refractivity contribution is 0.0704. The minimum atomic E-state index is -2.71. The zero-order valence-electron chi connectivity index (χ0n) is 15.4. The second-order valence-electron chi connectivity index (χ2n) is 6.52. The predicted octanol–water partition coefficient (Wildman–Crippen LogP) is 2.94. The van der Waals surface area contributed by atoms with Crippen molar-refractivity contribution in [2.45, 2.75) is 19.4 Å². The van der Waals surface area contributed by atoms with E-state index in [1.54, 1.807) is 55.5 Å². The third-order valence-electron chi connectivity index (χ3n) is 4.57. The molecule has 1 N–H and O–H groups in total. The maximum absolute atomic E-state index is 13.6. The van der Waals surface area contributed by atoms with Crippen LogP contribution >= 0.6 is 0 Å². The van der Waals surface area contributed by atoms with Crippen LogP contribution in [0.3, 0.4) is 0 Å². The molecule has 2 aromatic heterocycles. The molecule has 0 unspecified atom stereocenters. The highest BCUT2D eigenvalue weighted by Gasteiger charge is 2.22. The topological polar surface area (TPSA) is 90.5 Å². The van der Waals surface area contributed by atoms with Crippen molar-refractivity contribution in [3.8, 4) is 5.69 Å². The fourth-order valence-electron chi connectivity index (χ4n) is 3.10. The second-order valence-corrected chi connectivity index (χ2v) is 6.52. The zero-order valence-corrected chi connectivity index (χ0v) is 15.4. The molecule has 10 heteroatoms. The Kier molecular flexibility index (Phi) is 4.98. The number of tetrazole rings is 1. The number of halogens is 2. The van der Waals surface area contributed by atoms with Gasteiger partial charge >= 0.3 is 6.55 Å². The van der Waals surface area contributed by atoms with Gasteiger partial charge in [0.05, 0.1) is 16.7 Å². The van der Waals surface area contributed by atoms with Crippen LogP contribution in [0.15, 0.2) is 54.9 Å². The number of imidazole rings is 1. The smallest absolute Gasteiger partial charge is 0.320 e. The Morgan fingerprint density at radius 1 is 1.14 bits per heavy atom. The van der Waals surface area contributed by atoms with Gasteiger partial charge in [-0.05, 0) is 46.8 Å². The Morgan fingerprint density at radius 2 is 1.90 bits per heavy atom. The number of amides is 1. The summed E-state index contributed by atoms with van der Waals surface area (Å²) in [6.45, 7) is -0.792. The Labute approximate surface area is 164 Å². The van der Waals surface area contributed by atoms with Gasteiger partial charge in [-0.25, -0.2) is 9.67 Å².